The Balaban J connectivity index is 2.02. The molecule has 0 saturated heterocycles. The summed E-state index contributed by atoms with van der Waals surface area (Å²) in [6.07, 6.45) is 0.709. The van der Waals surface area contributed by atoms with Crippen LogP contribution in [0, 0.1) is 22.0 Å². The minimum absolute atomic E-state index is 0.0930. The lowest BCUT2D eigenvalue weighted by Crippen LogP contribution is -2.50. The van der Waals surface area contributed by atoms with Crippen LogP contribution in [0.3, 0.4) is 0 Å². The van der Waals surface area contributed by atoms with Crippen molar-refractivity contribution in [2.24, 2.45) is 11.8 Å². The van der Waals surface area contributed by atoms with Crippen LogP contribution in [0.4, 0.5) is 11.6 Å². The molecule has 0 spiro atoms. The van der Waals surface area contributed by atoms with E-state index in [0.717, 1.165) is 0 Å². The number of nitro benzene ring substituents is 1. The number of hydrogen-bond donors (Lipinski definition) is 0. The van der Waals surface area contributed by atoms with E-state index in [-0.39, 0.29) is 17.9 Å². The van der Waals surface area contributed by atoms with Crippen molar-refractivity contribution in [2.75, 3.05) is 18.1 Å². The molecule has 9 nitrogen and oxygen atoms in total. The fourth-order valence-electron chi connectivity index (χ4n) is 4.33. The fraction of sp³-hybridized carbons (Fsp3) is 0.375. The Labute approximate surface area is 191 Å². The van der Waals surface area contributed by atoms with Gasteiger partial charge >= 0.3 is 5.97 Å². The van der Waals surface area contributed by atoms with Crippen molar-refractivity contribution in [3.63, 3.8) is 0 Å². The molecule has 0 radical (unpaired) electrons. The number of benzene rings is 2. The number of rotatable bonds is 7. The molecule has 9 heteroatoms. The summed E-state index contributed by atoms with van der Waals surface area (Å²) in [6.45, 7) is 6.24. The van der Waals surface area contributed by atoms with Gasteiger partial charge in [0.1, 0.15) is 0 Å². The predicted molar refractivity (Wildman–Crippen MR) is 123 cm³/mol. The quantitative estimate of drug-likeness (QED) is 0.232. The summed E-state index contributed by atoms with van der Waals surface area (Å²) in [5.41, 5.74) is 1.43. The molecule has 1 aliphatic heterocycles. The van der Waals surface area contributed by atoms with Crippen LogP contribution in [0.1, 0.15) is 38.8 Å². The highest BCUT2D eigenvalue weighted by Gasteiger charge is 2.49. The minimum atomic E-state index is -1.27. The van der Waals surface area contributed by atoms with Crippen molar-refractivity contribution in [3.8, 4) is 0 Å². The van der Waals surface area contributed by atoms with E-state index in [4.69, 9.17) is 9.72 Å². The normalized spacial score (nSPS) is 17.9. The van der Waals surface area contributed by atoms with Gasteiger partial charge in [-0.2, -0.15) is 0 Å². The van der Waals surface area contributed by atoms with Crippen LogP contribution in [0.25, 0.3) is 11.0 Å². The molecule has 0 unspecified atom stereocenters. The monoisotopic (exact) mass is 450 g/mol. The number of carbonyl (C=O) groups excluding carboxylic acids is 2. The van der Waals surface area contributed by atoms with E-state index in [2.05, 4.69) is 13.8 Å². The number of nitro groups is 1. The Morgan fingerprint density at radius 3 is 2.58 bits per heavy atom. The number of carbonyl (C=O) groups is 2. The number of ether oxygens (including phenoxy) is 1. The Hall–Kier alpha value is -3.75. The van der Waals surface area contributed by atoms with Crippen LogP contribution in [0.5, 0.6) is 0 Å². The number of imidazole rings is 1. The van der Waals surface area contributed by atoms with Gasteiger partial charge in [-0.05, 0) is 31.4 Å². The molecule has 172 valence electrons. The minimum Gasteiger partial charge on any atom is -0.465 e. The second kappa shape index (κ2) is 9.01. The first-order valence-corrected chi connectivity index (χ1v) is 11.0. The maximum Gasteiger partial charge on any atom is 0.321 e. The van der Waals surface area contributed by atoms with E-state index in [1.807, 2.05) is 24.3 Å². The number of nitrogens with zero attached hydrogens (tertiary/aromatic N) is 4. The van der Waals surface area contributed by atoms with Crippen molar-refractivity contribution in [1.82, 2.24) is 9.55 Å². The van der Waals surface area contributed by atoms with Gasteiger partial charge in [-0.3, -0.25) is 24.6 Å². The molecule has 1 aromatic heterocycles. The lowest BCUT2D eigenvalue weighted by molar-refractivity contribution is -0.385. The summed E-state index contributed by atoms with van der Waals surface area (Å²) >= 11 is 0. The molecule has 1 aliphatic rings. The standard InChI is InChI=1S/C24H26N4O5/c1-4-33-23(30)20-21(16-9-5-7-11-18(16)28(31)32)27-19-12-8-6-10-17(19)25-24(27)26(22(20)29)14-13-15(2)3/h5-12,15,20-21H,4,13-14H2,1-3H3/t20-,21+/m0/s1. The van der Waals surface area contributed by atoms with Crippen LogP contribution >= 0.6 is 0 Å². The largest absolute Gasteiger partial charge is 0.465 e. The molecule has 1 amide bonds. The Kier molecular flexibility index (Phi) is 6.13. The first-order chi connectivity index (χ1) is 15.8. The van der Waals surface area contributed by atoms with E-state index in [1.165, 1.54) is 11.0 Å². The van der Waals surface area contributed by atoms with Gasteiger partial charge in [0.05, 0.1) is 34.2 Å². The van der Waals surface area contributed by atoms with Crippen molar-refractivity contribution >= 4 is 34.5 Å². The van der Waals surface area contributed by atoms with E-state index >= 15 is 0 Å². The van der Waals surface area contributed by atoms with E-state index in [1.54, 1.807) is 29.7 Å². The molecule has 2 atom stereocenters. The molecule has 4 rings (SSSR count). The van der Waals surface area contributed by atoms with Crippen molar-refractivity contribution in [2.45, 2.75) is 33.2 Å². The van der Waals surface area contributed by atoms with Crippen LogP contribution in [-0.4, -0.2) is 39.5 Å². The van der Waals surface area contributed by atoms with Gasteiger partial charge in [0.25, 0.3) is 5.69 Å². The van der Waals surface area contributed by atoms with Gasteiger partial charge in [-0.1, -0.05) is 44.2 Å². The summed E-state index contributed by atoms with van der Waals surface area (Å²) in [5, 5.41) is 11.9. The average Bonchev–Trinajstić information content (AvgIpc) is 3.16. The molecule has 0 bridgehead atoms. The third kappa shape index (κ3) is 3.94. The highest BCUT2D eigenvalue weighted by Crippen LogP contribution is 2.43. The predicted octanol–water partition coefficient (Wildman–Crippen LogP) is 4.11. The summed E-state index contributed by atoms with van der Waals surface area (Å²) in [5.74, 6) is -1.73. The third-order valence-corrected chi connectivity index (χ3v) is 5.87. The lowest BCUT2D eigenvalue weighted by atomic mass is 9.88. The first-order valence-electron chi connectivity index (χ1n) is 11.0. The number of fused-ring (bicyclic) bond motifs is 3. The molecule has 0 N–H and O–H groups in total. The second-order valence-electron chi connectivity index (χ2n) is 8.43. The number of anilines is 1. The number of esters is 1. The van der Waals surface area contributed by atoms with Gasteiger partial charge in [0.2, 0.25) is 11.9 Å². The van der Waals surface area contributed by atoms with E-state index in [9.17, 15) is 19.7 Å². The molecule has 33 heavy (non-hydrogen) atoms. The van der Waals surface area contributed by atoms with Crippen molar-refractivity contribution in [1.29, 1.82) is 0 Å². The highest BCUT2D eigenvalue weighted by atomic mass is 16.6. The Morgan fingerprint density at radius 1 is 1.18 bits per heavy atom. The average molecular weight is 450 g/mol. The molecular weight excluding hydrogens is 424 g/mol. The van der Waals surface area contributed by atoms with Gasteiger partial charge in [0, 0.05) is 12.6 Å². The van der Waals surface area contributed by atoms with Crippen LogP contribution in [0.15, 0.2) is 48.5 Å². The first kappa shape index (κ1) is 22.4. The fourth-order valence-corrected chi connectivity index (χ4v) is 4.33. The van der Waals surface area contributed by atoms with E-state index < -0.39 is 28.8 Å². The molecule has 0 fully saturated rings. The summed E-state index contributed by atoms with van der Waals surface area (Å²) < 4.78 is 7.07. The third-order valence-electron chi connectivity index (χ3n) is 5.87. The second-order valence-corrected chi connectivity index (χ2v) is 8.43. The summed E-state index contributed by atoms with van der Waals surface area (Å²) in [6, 6.07) is 12.6. The molecular formula is C24H26N4O5. The molecule has 2 heterocycles. The number of aromatic nitrogens is 2. The maximum absolute atomic E-state index is 13.8. The Bertz CT molecular complexity index is 1220. The van der Waals surface area contributed by atoms with Crippen LogP contribution in [-0.2, 0) is 14.3 Å². The highest BCUT2D eigenvalue weighted by molar-refractivity contribution is 6.08. The number of hydrogen-bond acceptors (Lipinski definition) is 6. The molecule has 3 aromatic rings. The van der Waals surface area contributed by atoms with Gasteiger partial charge in [-0.25, -0.2) is 4.98 Å². The topological polar surface area (TPSA) is 108 Å². The van der Waals surface area contributed by atoms with Gasteiger partial charge in [0.15, 0.2) is 5.92 Å². The smallest absolute Gasteiger partial charge is 0.321 e. The molecule has 2 aromatic carbocycles. The zero-order valence-electron chi connectivity index (χ0n) is 18.8. The summed E-state index contributed by atoms with van der Waals surface area (Å²) in [4.78, 5) is 44.5. The van der Waals surface area contributed by atoms with Crippen molar-refractivity contribution in [3.05, 3.63) is 64.2 Å². The maximum atomic E-state index is 13.8. The van der Waals surface area contributed by atoms with Gasteiger partial charge < -0.3 is 9.30 Å². The Morgan fingerprint density at radius 2 is 1.88 bits per heavy atom. The molecule has 0 saturated carbocycles. The lowest BCUT2D eigenvalue weighted by Gasteiger charge is -2.37. The zero-order valence-corrected chi connectivity index (χ0v) is 18.8. The van der Waals surface area contributed by atoms with Gasteiger partial charge in [-0.15, -0.1) is 0 Å². The number of amides is 1. The summed E-state index contributed by atoms with van der Waals surface area (Å²) in [7, 11) is 0. The van der Waals surface area contributed by atoms with Crippen LogP contribution in [0.2, 0.25) is 0 Å². The zero-order chi connectivity index (χ0) is 23.7. The SMILES string of the molecule is CCOC(=O)[C@@H]1C(=O)N(CCC(C)C)c2nc3ccccc3n2[C@@H]1c1ccccc1[N+](=O)[O-]. The van der Waals surface area contributed by atoms with E-state index in [0.29, 0.717) is 35.9 Å². The number of para-hydroxylation sites is 3. The van der Waals surface area contributed by atoms with Crippen LogP contribution < -0.4 is 4.90 Å². The molecule has 0 aliphatic carbocycles. The van der Waals surface area contributed by atoms with Crippen molar-refractivity contribution < 1.29 is 19.2 Å².